The van der Waals surface area contributed by atoms with Crippen LogP contribution < -0.4 is 10.1 Å². The number of hydrogen-bond acceptors (Lipinski definition) is 4. The second kappa shape index (κ2) is 9.58. The van der Waals surface area contributed by atoms with Gasteiger partial charge in [0.05, 0.1) is 16.6 Å². The molecular formula is C18H17Br2NO4. The van der Waals surface area contributed by atoms with Crippen LogP contribution in [-0.4, -0.2) is 25.1 Å². The quantitative estimate of drug-likeness (QED) is 0.590. The maximum Gasteiger partial charge on any atom is 0.338 e. The van der Waals surface area contributed by atoms with E-state index in [0.717, 1.165) is 15.4 Å². The number of ether oxygens (including phenoxy) is 2. The molecule has 25 heavy (non-hydrogen) atoms. The summed E-state index contributed by atoms with van der Waals surface area (Å²) < 4.78 is 12.2. The molecule has 5 nitrogen and oxygen atoms in total. The molecule has 1 amide bonds. The van der Waals surface area contributed by atoms with E-state index in [1.165, 1.54) is 0 Å². The summed E-state index contributed by atoms with van der Waals surface area (Å²) in [4.78, 5) is 23.9. The topological polar surface area (TPSA) is 64.6 Å². The molecule has 0 spiro atoms. The Kier molecular flexibility index (Phi) is 7.46. The zero-order chi connectivity index (χ0) is 18.2. The molecule has 0 aliphatic rings. The number of anilines is 1. The number of nitrogens with one attached hydrogen (secondary N) is 1. The smallest absolute Gasteiger partial charge is 0.338 e. The Labute approximate surface area is 163 Å². The average Bonchev–Trinajstić information content (AvgIpc) is 2.59. The van der Waals surface area contributed by atoms with Crippen LogP contribution in [0.2, 0.25) is 0 Å². The Bertz CT molecular complexity index is 764. The van der Waals surface area contributed by atoms with E-state index in [0.29, 0.717) is 23.6 Å². The number of benzene rings is 2. The van der Waals surface area contributed by atoms with Crippen LogP contribution in [0.1, 0.15) is 23.7 Å². The molecule has 0 saturated carbocycles. The van der Waals surface area contributed by atoms with Crippen LogP contribution >= 0.6 is 31.9 Å². The first-order valence-electron chi connectivity index (χ1n) is 7.64. The maximum atomic E-state index is 12.0. The molecule has 1 N–H and O–H groups in total. The van der Waals surface area contributed by atoms with E-state index in [-0.39, 0.29) is 12.5 Å². The normalized spacial score (nSPS) is 10.2. The summed E-state index contributed by atoms with van der Waals surface area (Å²) in [6.45, 7) is 2.14. The zero-order valence-electron chi connectivity index (χ0n) is 13.6. The predicted octanol–water partition coefficient (Wildman–Crippen LogP) is 4.80. The molecule has 0 bridgehead atoms. The second-order valence-electron chi connectivity index (χ2n) is 5.13. The number of carbonyl (C=O) groups excluding carboxylic acids is 2. The van der Waals surface area contributed by atoms with Gasteiger partial charge in [0, 0.05) is 10.2 Å². The monoisotopic (exact) mass is 469 g/mol. The van der Waals surface area contributed by atoms with Crippen molar-refractivity contribution in [3.63, 3.8) is 0 Å². The lowest BCUT2D eigenvalue weighted by Crippen LogP contribution is -2.20. The van der Waals surface area contributed by atoms with Gasteiger partial charge in [-0.25, -0.2) is 4.79 Å². The van der Waals surface area contributed by atoms with Crippen molar-refractivity contribution in [2.45, 2.75) is 13.3 Å². The highest BCUT2D eigenvalue weighted by atomic mass is 79.9. The molecule has 0 unspecified atom stereocenters. The summed E-state index contributed by atoms with van der Waals surface area (Å²) in [5, 5.41) is 2.70. The predicted molar refractivity (Wildman–Crippen MR) is 103 cm³/mol. The Morgan fingerprint density at radius 1 is 1.12 bits per heavy atom. The van der Waals surface area contributed by atoms with Crippen LogP contribution in [0, 0.1) is 0 Å². The van der Waals surface area contributed by atoms with Crippen molar-refractivity contribution < 1.29 is 19.1 Å². The van der Waals surface area contributed by atoms with E-state index < -0.39 is 5.97 Å². The van der Waals surface area contributed by atoms with Gasteiger partial charge in [0.2, 0.25) is 0 Å². The molecule has 132 valence electrons. The molecule has 0 atom stereocenters. The number of rotatable bonds is 7. The minimum Gasteiger partial charge on any atom is -0.483 e. The van der Waals surface area contributed by atoms with Gasteiger partial charge < -0.3 is 14.8 Å². The number of amides is 1. The molecular weight excluding hydrogens is 454 g/mol. The Hall–Kier alpha value is -1.86. The van der Waals surface area contributed by atoms with Gasteiger partial charge in [0.25, 0.3) is 5.91 Å². The highest BCUT2D eigenvalue weighted by molar-refractivity contribution is 9.11. The number of halogens is 2. The summed E-state index contributed by atoms with van der Waals surface area (Å²) in [7, 11) is 0. The minimum atomic E-state index is -0.409. The van der Waals surface area contributed by atoms with Crippen LogP contribution in [0.25, 0.3) is 0 Å². The third-order valence-electron chi connectivity index (χ3n) is 3.07. The summed E-state index contributed by atoms with van der Waals surface area (Å²) in [6, 6.07) is 12.0. The lowest BCUT2D eigenvalue weighted by atomic mass is 10.2. The molecule has 0 aliphatic carbocycles. The maximum absolute atomic E-state index is 12.0. The van der Waals surface area contributed by atoms with Crippen molar-refractivity contribution in [3.05, 3.63) is 57.0 Å². The van der Waals surface area contributed by atoms with Crippen LogP contribution in [-0.2, 0) is 9.53 Å². The highest BCUT2D eigenvalue weighted by Gasteiger charge is 2.10. The largest absolute Gasteiger partial charge is 0.483 e. The van der Waals surface area contributed by atoms with Gasteiger partial charge >= 0.3 is 5.97 Å². The van der Waals surface area contributed by atoms with Crippen LogP contribution in [0.5, 0.6) is 5.75 Å². The van der Waals surface area contributed by atoms with Gasteiger partial charge in [-0.1, -0.05) is 28.9 Å². The van der Waals surface area contributed by atoms with Gasteiger partial charge in [-0.15, -0.1) is 0 Å². The van der Waals surface area contributed by atoms with E-state index in [2.05, 4.69) is 37.2 Å². The molecule has 0 aliphatic heterocycles. The van der Waals surface area contributed by atoms with Crippen LogP contribution in [0.15, 0.2) is 51.4 Å². The summed E-state index contributed by atoms with van der Waals surface area (Å²) in [6.07, 6.45) is 0.755. The fraction of sp³-hybridized carbons (Fsp3) is 0.222. The number of esters is 1. The SMILES string of the molecule is CCCOC(=O)c1cccc(NC(=O)COc2ccc(Br)cc2Br)c1. The standard InChI is InChI=1S/C18H17Br2NO4/c1-2-8-24-18(23)12-4-3-5-14(9-12)21-17(22)11-25-16-7-6-13(19)10-15(16)20/h3-7,9-10H,2,8,11H2,1H3,(H,21,22). The zero-order valence-corrected chi connectivity index (χ0v) is 16.7. The summed E-state index contributed by atoms with van der Waals surface area (Å²) in [5.74, 6) is -0.169. The van der Waals surface area contributed by atoms with Gasteiger partial charge in [0.15, 0.2) is 6.61 Å². The summed E-state index contributed by atoms with van der Waals surface area (Å²) >= 11 is 6.72. The lowest BCUT2D eigenvalue weighted by Gasteiger charge is -2.10. The van der Waals surface area contributed by atoms with E-state index in [1.54, 1.807) is 30.3 Å². The Morgan fingerprint density at radius 2 is 1.92 bits per heavy atom. The molecule has 0 saturated heterocycles. The van der Waals surface area contributed by atoms with E-state index in [4.69, 9.17) is 9.47 Å². The third kappa shape index (κ3) is 6.17. The first kappa shape index (κ1) is 19.5. The van der Waals surface area contributed by atoms with Crippen molar-refractivity contribution in [2.75, 3.05) is 18.5 Å². The fourth-order valence-electron chi connectivity index (χ4n) is 1.93. The van der Waals surface area contributed by atoms with Crippen molar-refractivity contribution >= 4 is 49.4 Å². The molecule has 0 fully saturated rings. The first-order valence-corrected chi connectivity index (χ1v) is 9.23. The lowest BCUT2D eigenvalue weighted by molar-refractivity contribution is -0.118. The number of carbonyl (C=O) groups is 2. The molecule has 2 aromatic carbocycles. The molecule has 2 aromatic rings. The van der Waals surface area contributed by atoms with Crippen LogP contribution in [0.3, 0.4) is 0 Å². The van der Waals surface area contributed by atoms with Crippen molar-refractivity contribution in [1.29, 1.82) is 0 Å². The van der Waals surface area contributed by atoms with Gasteiger partial charge in [0.1, 0.15) is 5.75 Å². The van der Waals surface area contributed by atoms with Crippen molar-refractivity contribution in [3.8, 4) is 5.75 Å². The molecule has 0 aromatic heterocycles. The van der Waals surface area contributed by atoms with Crippen molar-refractivity contribution in [1.82, 2.24) is 0 Å². The Balaban J connectivity index is 1.93. The average molecular weight is 471 g/mol. The molecule has 2 rings (SSSR count). The van der Waals surface area contributed by atoms with Gasteiger partial charge in [-0.05, 0) is 58.7 Å². The highest BCUT2D eigenvalue weighted by Crippen LogP contribution is 2.28. The number of hydrogen-bond donors (Lipinski definition) is 1. The third-order valence-corrected chi connectivity index (χ3v) is 4.18. The summed E-state index contributed by atoms with van der Waals surface area (Å²) in [5.41, 5.74) is 0.900. The second-order valence-corrected chi connectivity index (χ2v) is 6.90. The van der Waals surface area contributed by atoms with Gasteiger partial charge in [-0.3, -0.25) is 4.79 Å². The van der Waals surface area contributed by atoms with E-state index in [9.17, 15) is 9.59 Å². The fourth-order valence-corrected chi connectivity index (χ4v) is 3.10. The molecule has 0 heterocycles. The van der Waals surface area contributed by atoms with Crippen molar-refractivity contribution in [2.24, 2.45) is 0 Å². The molecule has 7 heteroatoms. The van der Waals surface area contributed by atoms with E-state index in [1.807, 2.05) is 19.1 Å². The van der Waals surface area contributed by atoms with Gasteiger partial charge in [-0.2, -0.15) is 0 Å². The molecule has 0 radical (unpaired) electrons. The van der Waals surface area contributed by atoms with Crippen LogP contribution in [0.4, 0.5) is 5.69 Å². The first-order chi connectivity index (χ1) is 12.0. The Morgan fingerprint density at radius 3 is 2.64 bits per heavy atom. The van der Waals surface area contributed by atoms with E-state index >= 15 is 0 Å². The minimum absolute atomic E-state index is 0.148.